The first-order chi connectivity index (χ1) is 13.9. The van der Waals surface area contributed by atoms with Crippen LogP contribution in [-0.2, 0) is 16.0 Å². The van der Waals surface area contributed by atoms with Gasteiger partial charge in [-0.25, -0.2) is 0 Å². The molecular weight excluding hydrogens is 370 g/mol. The van der Waals surface area contributed by atoms with Crippen LogP contribution >= 0.6 is 0 Å². The number of carboxylic acid groups (broad SMARTS) is 1. The highest BCUT2D eigenvalue weighted by molar-refractivity contribution is 5.86. The summed E-state index contributed by atoms with van der Waals surface area (Å²) in [4.78, 5) is 24.5. The van der Waals surface area contributed by atoms with Gasteiger partial charge >= 0.3 is 5.97 Å². The van der Waals surface area contributed by atoms with Gasteiger partial charge in [0.1, 0.15) is 24.7 Å². The van der Waals surface area contributed by atoms with Crippen molar-refractivity contribution in [3.63, 3.8) is 0 Å². The van der Waals surface area contributed by atoms with Gasteiger partial charge in [0.15, 0.2) is 0 Å². The average Bonchev–Trinajstić information content (AvgIpc) is 3.08. The second kappa shape index (κ2) is 9.45. The van der Waals surface area contributed by atoms with Crippen molar-refractivity contribution in [3.05, 3.63) is 59.2 Å². The normalized spacial score (nSPS) is 16.1. The zero-order valence-corrected chi connectivity index (χ0v) is 16.9. The second-order valence-electron chi connectivity index (χ2n) is 7.44. The van der Waals surface area contributed by atoms with Crippen LogP contribution in [0, 0.1) is 19.8 Å². The molecule has 6 nitrogen and oxygen atoms in total. The number of carbonyl (C=O) groups is 2. The Kier molecular flexibility index (Phi) is 6.75. The zero-order valence-electron chi connectivity index (χ0n) is 16.9. The Morgan fingerprint density at radius 1 is 1.10 bits per heavy atom. The maximum Gasteiger partial charge on any atom is 0.308 e. The Morgan fingerprint density at radius 3 is 2.52 bits per heavy atom. The van der Waals surface area contributed by atoms with E-state index in [-0.39, 0.29) is 12.3 Å². The van der Waals surface area contributed by atoms with E-state index in [1.165, 1.54) is 0 Å². The maximum absolute atomic E-state index is 11.9. The van der Waals surface area contributed by atoms with Gasteiger partial charge in [-0.05, 0) is 55.2 Å². The average molecular weight is 397 g/mol. The molecule has 1 amide bonds. The van der Waals surface area contributed by atoms with E-state index in [1.54, 1.807) is 4.90 Å². The standard InChI is InChI=1S/C23H27NO5/c1-16-3-4-17(2)21(13-16)29-12-11-28-20-7-5-18(6-8-20)9-10-24-15-19(23(26)27)14-22(24)25/h3-8,13,19H,9-12,14-15H2,1-2H3,(H,26,27). The number of aliphatic carboxylic acids is 1. The molecule has 1 N–H and O–H groups in total. The molecule has 1 aliphatic heterocycles. The van der Waals surface area contributed by atoms with Gasteiger partial charge in [-0.2, -0.15) is 0 Å². The molecule has 29 heavy (non-hydrogen) atoms. The molecule has 1 atom stereocenters. The lowest BCUT2D eigenvalue weighted by atomic mass is 10.1. The monoisotopic (exact) mass is 397 g/mol. The fraction of sp³-hybridized carbons (Fsp3) is 0.391. The third kappa shape index (κ3) is 5.73. The maximum atomic E-state index is 11.9. The number of aryl methyl sites for hydroxylation is 2. The molecule has 6 heteroatoms. The first-order valence-electron chi connectivity index (χ1n) is 9.85. The second-order valence-corrected chi connectivity index (χ2v) is 7.44. The SMILES string of the molecule is Cc1ccc(C)c(OCCOc2ccc(CCN3CC(C(=O)O)CC3=O)cc2)c1. The van der Waals surface area contributed by atoms with Crippen LogP contribution in [0.15, 0.2) is 42.5 Å². The van der Waals surface area contributed by atoms with Crippen LogP contribution < -0.4 is 9.47 Å². The van der Waals surface area contributed by atoms with Gasteiger partial charge in [-0.1, -0.05) is 24.3 Å². The number of hydrogen-bond donors (Lipinski definition) is 1. The third-order valence-electron chi connectivity index (χ3n) is 5.11. The van der Waals surface area contributed by atoms with Crippen molar-refractivity contribution in [2.75, 3.05) is 26.3 Å². The van der Waals surface area contributed by atoms with E-state index >= 15 is 0 Å². The van der Waals surface area contributed by atoms with E-state index in [9.17, 15) is 9.59 Å². The molecule has 1 saturated heterocycles. The lowest BCUT2D eigenvalue weighted by Gasteiger charge is -2.16. The minimum Gasteiger partial charge on any atom is -0.490 e. The summed E-state index contributed by atoms with van der Waals surface area (Å²) in [5.41, 5.74) is 3.35. The molecule has 0 aromatic heterocycles. The van der Waals surface area contributed by atoms with E-state index in [1.807, 2.05) is 50.2 Å². The van der Waals surface area contributed by atoms with E-state index in [0.29, 0.717) is 32.7 Å². The molecule has 1 heterocycles. The summed E-state index contributed by atoms with van der Waals surface area (Å²) < 4.78 is 11.5. The fourth-order valence-corrected chi connectivity index (χ4v) is 3.34. The van der Waals surface area contributed by atoms with Crippen LogP contribution in [0.4, 0.5) is 0 Å². The van der Waals surface area contributed by atoms with Crippen LogP contribution in [0.3, 0.4) is 0 Å². The minimum absolute atomic E-state index is 0.0822. The number of carbonyl (C=O) groups excluding carboxylic acids is 1. The summed E-state index contributed by atoms with van der Waals surface area (Å²) in [7, 11) is 0. The number of nitrogens with zero attached hydrogens (tertiary/aromatic N) is 1. The minimum atomic E-state index is -0.899. The van der Waals surface area contributed by atoms with Gasteiger partial charge in [0.2, 0.25) is 5.91 Å². The van der Waals surface area contributed by atoms with Crippen molar-refractivity contribution in [2.24, 2.45) is 5.92 Å². The molecule has 1 unspecified atom stereocenters. The van der Waals surface area contributed by atoms with Gasteiger partial charge in [0.25, 0.3) is 0 Å². The molecule has 0 spiro atoms. The largest absolute Gasteiger partial charge is 0.490 e. The number of rotatable bonds is 9. The summed E-state index contributed by atoms with van der Waals surface area (Å²) in [6, 6.07) is 13.9. The highest BCUT2D eigenvalue weighted by atomic mass is 16.5. The number of likely N-dealkylation sites (tertiary alicyclic amines) is 1. The van der Waals surface area contributed by atoms with Gasteiger partial charge in [0, 0.05) is 19.5 Å². The molecule has 0 bridgehead atoms. The van der Waals surface area contributed by atoms with Crippen molar-refractivity contribution in [1.82, 2.24) is 4.90 Å². The Balaban J connectivity index is 1.40. The Morgan fingerprint density at radius 2 is 1.83 bits per heavy atom. The Labute approximate surface area is 171 Å². The van der Waals surface area contributed by atoms with Crippen LogP contribution in [0.2, 0.25) is 0 Å². The summed E-state index contributed by atoms with van der Waals surface area (Å²) in [5, 5.41) is 9.04. The summed E-state index contributed by atoms with van der Waals surface area (Å²) in [6.07, 6.45) is 0.792. The van der Waals surface area contributed by atoms with Gasteiger partial charge in [-0.3, -0.25) is 9.59 Å². The van der Waals surface area contributed by atoms with Crippen LogP contribution in [0.5, 0.6) is 11.5 Å². The van der Waals surface area contributed by atoms with Gasteiger partial charge < -0.3 is 19.5 Å². The van der Waals surface area contributed by atoms with Crippen molar-refractivity contribution >= 4 is 11.9 Å². The number of carboxylic acids is 1. The van der Waals surface area contributed by atoms with E-state index < -0.39 is 11.9 Å². The Bertz CT molecular complexity index is 862. The quantitative estimate of drug-likeness (QED) is 0.658. The number of amides is 1. The van der Waals surface area contributed by atoms with Crippen molar-refractivity contribution in [1.29, 1.82) is 0 Å². The zero-order chi connectivity index (χ0) is 20.8. The molecule has 2 aromatic rings. The molecular formula is C23H27NO5. The summed E-state index contributed by atoms with van der Waals surface area (Å²) in [6.45, 7) is 5.81. The van der Waals surface area contributed by atoms with Crippen molar-refractivity contribution < 1.29 is 24.2 Å². The molecule has 2 aromatic carbocycles. The number of ether oxygens (including phenoxy) is 2. The molecule has 3 rings (SSSR count). The molecule has 1 fully saturated rings. The first-order valence-corrected chi connectivity index (χ1v) is 9.85. The molecule has 1 aliphatic rings. The van der Waals surface area contributed by atoms with Crippen LogP contribution in [-0.4, -0.2) is 48.2 Å². The lowest BCUT2D eigenvalue weighted by Crippen LogP contribution is -2.28. The lowest BCUT2D eigenvalue weighted by molar-refractivity contribution is -0.141. The smallest absolute Gasteiger partial charge is 0.308 e. The topological polar surface area (TPSA) is 76.1 Å². The third-order valence-corrected chi connectivity index (χ3v) is 5.11. The predicted octanol–water partition coefficient (Wildman–Crippen LogP) is 3.24. The van der Waals surface area contributed by atoms with E-state index in [2.05, 4.69) is 6.07 Å². The molecule has 0 radical (unpaired) electrons. The summed E-state index contributed by atoms with van der Waals surface area (Å²) in [5.74, 6) is 0.0845. The highest BCUT2D eigenvalue weighted by Crippen LogP contribution is 2.20. The van der Waals surface area contributed by atoms with Gasteiger partial charge in [0.05, 0.1) is 5.92 Å². The highest BCUT2D eigenvalue weighted by Gasteiger charge is 2.33. The predicted molar refractivity (Wildman–Crippen MR) is 109 cm³/mol. The van der Waals surface area contributed by atoms with Crippen LogP contribution in [0.1, 0.15) is 23.1 Å². The van der Waals surface area contributed by atoms with E-state index in [0.717, 1.165) is 28.2 Å². The summed E-state index contributed by atoms with van der Waals surface area (Å²) >= 11 is 0. The van der Waals surface area contributed by atoms with Crippen molar-refractivity contribution in [3.8, 4) is 11.5 Å². The number of hydrogen-bond acceptors (Lipinski definition) is 4. The first kappa shape index (κ1) is 20.7. The molecule has 0 saturated carbocycles. The van der Waals surface area contributed by atoms with Crippen LogP contribution in [0.25, 0.3) is 0 Å². The van der Waals surface area contributed by atoms with Gasteiger partial charge in [-0.15, -0.1) is 0 Å². The Hall–Kier alpha value is -3.02. The molecule has 0 aliphatic carbocycles. The number of benzene rings is 2. The molecule has 154 valence electrons. The fourth-order valence-electron chi connectivity index (χ4n) is 3.34. The van der Waals surface area contributed by atoms with Crippen molar-refractivity contribution in [2.45, 2.75) is 26.7 Å². The van der Waals surface area contributed by atoms with E-state index in [4.69, 9.17) is 14.6 Å².